The molecule has 0 aromatic heterocycles. The average Bonchev–Trinajstić information content (AvgIpc) is 2.65. The molecule has 17 heavy (non-hydrogen) atoms. The zero-order valence-electron chi connectivity index (χ0n) is 9.37. The minimum absolute atomic E-state index is 0.292. The number of alkyl halides is 3. The Labute approximate surface area is 97.3 Å². The fourth-order valence-corrected chi connectivity index (χ4v) is 2.31. The predicted octanol–water partition coefficient (Wildman–Crippen LogP) is 0.748. The molecule has 0 amide bonds. The lowest BCUT2D eigenvalue weighted by Crippen LogP contribution is -2.52. The molecule has 0 saturated carbocycles. The summed E-state index contributed by atoms with van der Waals surface area (Å²) in [7, 11) is 0. The standard InChI is InChI=1S/C10H16F3NO3/c11-10(12,13)8(15)6-14-3-1-2-9(7-14)16-4-5-17-9/h8,15H,1-7H2. The van der Waals surface area contributed by atoms with E-state index in [1.165, 1.54) is 0 Å². The van der Waals surface area contributed by atoms with Gasteiger partial charge in [-0.1, -0.05) is 0 Å². The van der Waals surface area contributed by atoms with Crippen LogP contribution in [0.1, 0.15) is 12.8 Å². The van der Waals surface area contributed by atoms with Gasteiger partial charge in [0, 0.05) is 13.0 Å². The number of rotatable bonds is 2. The Hall–Kier alpha value is -0.370. The van der Waals surface area contributed by atoms with Crippen molar-refractivity contribution in [2.75, 3.05) is 32.8 Å². The highest BCUT2D eigenvalue weighted by atomic mass is 19.4. The minimum atomic E-state index is -4.57. The van der Waals surface area contributed by atoms with Gasteiger partial charge in [-0.3, -0.25) is 4.90 Å². The van der Waals surface area contributed by atoms with Crippen molar-refractivity contribution < 1.29 is 27.8 Å². The third kappa shape index (κ3) is 3.09. The van der Waals surface area contributed by atoms with Gasteiger partial charge in [0.2, 0.25) is 0 Å². The molecule has 0 aliphatic carbocycles. The van der Waals surface area contributed by atoms with Crippen LogP contribution in [0.25, 0.3) is 0 Å². The second-order valence-electron chi connectivity index (χ2n) is 4.50. The maximum atomic E-state index is 12.2. The highest BCUT2D eigenvalue weighted by Gasteiger charge is 2.44. The summed E-state index contributed by atoms with van der Waals surface area (Å²) in [5.41, 5.74) is 0. The number of hydrogen-bond acceptors (Lipinski definition) is 4. The van der Waals surface area contributed by atoms with E-state index in [9.17, 15) is 13.2 Å². The quantitative estimate of drug-likeness (QED) is 0.790. The van der Waals surface area contributed by atoms with Gasteiger partial charge in [0.25, 0.3) is 0 Å². The summed E-state index contributed by atoms with van der Waals surface area (Å²) in [6.07, 6.45) is -5.46. The number of hydrogen-bond donors (Lipinski definition) is 1. The van der Waals surface area contributed by atoms with Crippen LogP contribution in [-0.4, -0.2) is 60.9 Å². The molecule has 2 fully saturated rings. The summed E-state index contributed by atoms with van der Waals surface area (Å²) in [4.78, 5) is 1.55. The molecule has 0 radical (unpaired) electrons. The van der Waals surface area contributed by atoms with Crippen LogP contribution in [0.15, 0.2) is 0 Å². The molecule has 2 aliphatic heterocycles. The first-order valence-electron chi connectivity index (χ1n) is 5.66. The third-order valence-corrected chi connectivity index (χ3v) is 3.12. The number of ether oxygens (including phenoxy) is 2. The average molecular weight is 255 g/mol. The SMILES string of the molecule is OC(CN1CCCC2(C1)OCCO2)C(F)(F)F. The first-order chi connectivity index (χ1) is 7.91. The van der Waals surface area contributed by atoms with Crippen LogP contribution in [0, 0.1) is 0 Å². The number of β-amino-alcohol motifs (C(OH)–C–C–N with tert-alkyl or cyclic N) is 1. The van der Waals surface area contributed by atoms with E-state index in [4.69, 9.17) is 14.6 Å². The van der Waals surface area contributed by atoms with Gasteiger partial charge in [-0.05, 0) is 13.0 Å². The second-order valence-corrected chi connectivity index (χ2v) is 4.50. The molecule has 2 saturated heterocycles. The minimum Gasteiger partial charge on any atom is -0.382 e. The third-order valence-electron chi connectivity index (χ3n) is 3.12. The predicted molar refractivity (Wildman–Crippen MR) is 52.4 cm³/mol. The van der Waals surface area contributed by atoms with Gasteiger partial charge in [0.15, 0.2) is 11.9 Å². The molecule has 1 spiro atoms. The highest BCUT2D eigenvalue weighted by molar-refractivity contribution is 4.85. The number of aliphatic hydroxyl groups is 1. The molecule has 1 unspecified atom stereocenters. The summed E-state index contributed by atoms with van der Waals surface area (Å²) < 4.78 is 47.6. The van der Waals surface area contributed by atoms with Gasteiger partial charge < -0.3 is 14.6 Å². The zero-order valence-corrected chi connectivity index (χ0v) is 9.37. The summed E-state index contributed by atoms with van der Waals surface area (Å²) >= 11 is 0. The highest BCUT2D eigenvalue weighted by Crippen LogP contribution is 2.31. The molecule has 2 rings (SSSR count). The van der Waals surface area contributed by atoms with Crippen LogP contribution in [-0.2, 0) is 9.47 Å². The van der Waals surface area contributed by atoms with E-state index in [0.717, 1.165) is 0 Å². The van der Waals surface area contributed by atoms with Crippen LogP contribution < -0.4 is 0 Å². The smallest absolute Gasteiger partial charge is 0.382 e. The van der Waals surface area contributed by atoms with Crippen molar-refractivity contribution in [3.63, 3.8) is 0 Å². The maximum absolute atomic E-state index is 12.2. The van der Waals surface area contributed by atoms with E-state index in [1.807, 2.05) is 0 Å². The molecule has 2 aliphatic rings. The van der Waals surface area contributed by atoms with E-state index >= 15 is 0 Å². The maximum Gasteiger partial charge on any atom is 0.415 e. The van der Waals surface area contributed by atoms with E-state index in [-0.39, 0.29) is 0 Å². The van der Waals surface area contributed by atoms with Gasteiger partial charge in [-0.25, -0.2) is 0 Å². The first kappa shape index (κ1) is 13.1. The molecule has 0 aromatic rings. The molecular formula is C10H16F3NO3. The van der Waals surface area contributed by atoms with Gasteiger partial charge in [-0.15, -0.1) is 0 Å². The monoisotopic (exact) mass is 255 g/mol. The number of piperidine rings is 1. The Morgan fingerprint density at radius 2 is 1.94 bits per heavy atom. The molecule has 100 valence electrons. The Morgan fingerprint density at radius 1 is 1.29 bits per heavy atom. The Bertz CT molecular complexity index is 266. The summed E-state index contributed by atoms with van der Waals surface area (Å²) in [5.74, 6) is -0.746. The van der Waals surface area contributed by atoms with Crippen molar-refractivity contribution in [3.8, 4) is 0 Å². The lowest BCUT2D eigenvalue weighted by atomic mass is 10.0. The van der Waals surface area contributed by atoms with Crippen molar-refractivity contribution in [2.24, 2.45) is 0 Å². The van der Waals surface area contributed by atoms with Crippen LogP contribution in [0.2, 0.25) is 0 Å². The topological polar surface area (TPSA) is 41.9 Å². The Balaban J connectivity index is 1.89. The van der Waals surface area contributed by atoms with Crippen molar-refractivity contribution in [2.45, 2.75) is 30.9 Å². The fourth-order valence-electron chi connectivity index (χ4n) is 2.31. The van der Waals surface area contributed by atoms with E-state index in [1.54, 1.807) is 4.90 Å². The second kappa shape index (κ2) is 4.72. The number of halogens is 3. The summed E-state index contributed by atoms with van der Waals surface area (Å²) in [6.45, 7) is 1.37. The van der Waals surface area contributed by atoms with Crippen molar-refractivity contribution >= 4 is 0 Å². The molecule has 7 heteroatoms. The molecule has 1 N–H and O–H groups in total. The lowest BCUT2D eigenvalue weighted by Gasteiger charge is -2.39. The Morgan fingerprint density at radius 3 is 2.53 bits per heavy atom. The van der Waals surface area contributed by atoms with Gasteiger partial charge in [-0.2, -0.15) is 13.2 Å². The largest absolute Gasteiger partial charge is 0.415 e. The molecular weight excluding hydrogens is 239 g/mol. The number of aliphatic hydroxyl groups excluding tert-OH is 1. The number of likely N-dealkylation sites (tertiary alicyclic amines) is 1. The van der Waals surface area contributed by atoms with Crippen LogP contribution in [0.4, 0.5) is 13.2 Å². The fraction of sp³-hybridized carbons (Fsp3) is 1.00. The molecule has 0 aromatic carbocycles. The molecule has 0 bridgehead atoms. The van der Waals surface area contributed by atoms with Crippen LogP contribution >= 0.6 is 0 Å². The van der Waals surface area contributed by atoms with E-state index in [0.29, 0.717) is 39.1 Å². The van der Waals surface area contributed by atoms with Gasteiger partial charge in [0.1, 0.15) is 0 Å². The molecule has 1 atom stereocenters. The van der Waals surface area contributed by atoms with E-state index < -0.39 is 24.6 Å². The van der Waals surface area contributed by atoms with Crippen LogP contribution in [0.5, 0.6) is 0 Å². The first-order valence-corrected chi connectivity index (χ1v) is 5.66. The zero-order chi connectivity index (χ0) is 12.5. The molecule has 4 nitrogen and oxygen atoms in total. The van der Waals surface area contributed by atoms with Crippen LogP contribution in [0.3, 0.4) is 0 Å². The van der Waals surface area contributed by atoms with Gasteiger partial charge >= 0.3 is 6.18 Å². The Kier molecular flexibility index (Phi) is 3.63. The normalized spacial score (nSPS) is 27.5. The van der Waals surface area contributed by atoms with Gasteiger partial charge in [0.05, 0.1) is 19.8 Å². The molecule has 2 heterocycles. The summed E-state index contributed by atoms with van der Waals surface area (Å²) in [6, 6.07) is 0. The van der Waals surface area contributed by atoms with Crippen molar-refractivity contribution in [3.05, 3.63) is 0 Å². The number of nitrogens with zero attached hydrogens (tertiary/aromatic N) is 1. The lowest BCUT2D eigenvalue weighted by molar-refractivity contribution is -0.223. The summed E-state index contributed by atoms with van der Waals surface area (Å²) in [5, 5.41) is 9.02. The van der Waals surface area contributed by atoms with E-state index in [2.05, 4.69) is 0 Å². The van der Waals surface area contributed by atoms with Crippen molar-refractivity contribution in [1.82, 2.24) is 4.90 Å². The van der Waals surface area contributed by atoms with Crippen molar-refractivity contribution in [1.29, 1.82) is 0 Å².